The molecular formula is C27H34FN3O5. The molecule has 3 rings (SSSR count). The third-order valence-corrected chi connectivity index (χ3v) is 6.01. The lowest BCUT2D eigenvalue weighted by atomic mass is 9.87. The van der Waals surface area contributed by atoms with E-state index in [2.05, 4.69) is 10.6 Å². The van der Waals surface area contributed by atoms with Gasteiger partial charge in [0.15, 0.2) is 0 Å². The van der Waals surface area contributed by atoms with E-state index in [-0.39, 0.29) is 24.2 Å². The summed E-state index contributed by atoms with van der Waals surface area (Å²) in [6, 6.07) is 9.57. The molecule has 0 fully saturated rings. The van der Waals surface area contributed by atoms with Gasteiger partial charge < -0.3 is 25.4 Å². The molecule has 0 spiro atoms. The fourth-order valence-corrected chi connectivity index (χ4v) is 4.40. The molecule has 1 heterocycles. The van der Waals surface area contributed by atoms with Gasteiger partial charge >= 0.3 is 5.97 Å². The molecule has 9 heteroatoms. The maximum Gasteiger partial charge on any atom is 0.305 e. The maximum atomic E-state index is 13.6. The van der Waals surface area contributed by atoms with Crippen molar-refractivity contribution in [3.05, 3.63) is 59.4 Å². The number of benzene rings is 2. The van der Waals surface area contributed by atoms with Crippen LogP contribution in [0.1, 0.15) is 49.5 Å². The van der Waals surface area contributed by atoms with Crippen molar-refractivity contribution in [3.63, 3.8) is 0 Å². The quantitative estimate of drug-likeness (QED) is 0.463. The van der Waals surface area contributed by atoms with E-state index >= 15 is 0 Å². The number of carbonyl (C=O) groups excluding carboxylic acids is 2. The van der Waals surface area contributed by atoms with Crippen LogP contribution in [0.2, 0.25) is 0 Å². The molecule has 1 aliphatic heterocycles. The summed E-state index contributed by atoms with van der Waals surface area (Å²) in [5.74, 6) is -1.73. The molecule has 0 radical (unpaired) electrons. The Morgan fingerprint density at radius 1 is 1.14 bits per heavy atom. The average molecular weight is 500 g/mol. The minimum absolute atomic E-state index is 0.253. The number of carboxylic acid groups (broad SMARTS) is 1. The third kappa shape index (κ3) is 7.44. The first-order valence-corrected chi connectivity index (χ1v) is 12.0. The van der Waals surface area contributed by atoms with Crippen LogP contribution in [-0.2, 0) is 16.0 Å². The van der Waals surface area contributed by atoms with E-state index in [1.54, 1.807) is 30.3 Å². The normalized spacial score (nSPS) is 14.5. The Balaban J connectivity index is 1.76. The zero-order chi connectivity index (χ0) is 26.5. The van der Waals surface area contributed by atoms with E-state index in [4.69, 9.17) is 4.74 Å². The van der Waals surface area contributed by atoms with Crippen molar-refractivity contribution in [1.82, 2.24) is 10.6 Å². The Morgan fingerprint density at radius 2 is 1.89 bits per heavy atom. The van der Waals surface area contributed by atoms with Crippen LogP contribution in [0.15, 0.2) is 42.5 Å². The molecular weight excluding hydrogens is 465 g/mol. The number of nitrogens with zero attached hydrogens (tertiary/aromatic N) is 1. The highest BCUT2D eigenvalue weighted by Crippen LogP contribution is 2.29. The Hall–Kier alpha value is -3.62. The molecule has 2 amide bonds. The van der Waals surface area contributed by atoms with E-state index < -0.39 is 29.9 Å². The molecule has 194 valence electrons. The number of rotatable bonds is 10. The summed E-state index contributed by atoms with van der Waals surface area (Å²) in [5.41, 5.74) is 1.75. The smallest absolute Gasteiger partial charge is 0.305 e. The zero-order valence-corrected chi connectivity index (χ0v) is 21.1. The zero-order valence-electron chi connectivity index (χ0n) is 21.1. The van der Waals surface area contributed by atoms with E-state index in [1.807, 2.05) is 25.7 Å². The second kappa shape index (κ2) is 11.4. The van der Waals surface area contributed by atoms with Gasteiger partial charge in [0.25, 0.3) is 5.91 Å². The van der Waals surface area contributed by atoms with E-state index in [9.17, 15) is 23.9 Å². The number of anilines is 1. The summed E-state index contributed by atoms with van der Waals surface area (Å²) < 4.78 is 18.8. The SMILES string of the molecule is COc1cccc(C(=O)NC(CC(C)(C)C)C(=O)NC(CC(=O)O)CN2CCc3cc(F)ccc32)c1. The molecule has 8 nitrogen and oxygen atoms in total. The molecule has 36 heavy (non-hydrogen) atoms. The summed E-state index contributed by atoms with van der Waals surface area (Å²) in [4.78, 5) is 39.8. The van der Waals surface area contributed by atoms with Crippen molar-refractivity contribution in [3.8, 4) is 5.75 Å². The second-order valence-corrected chi connectivity index (χ2v) is 10.3. The predicted octanol–water partition coefficient (Wildman–Crippen LogP) is 3.39. The van der Waals surface area contributed by atoms with E-state index in [0.29, 0.717) is 30.7 Å². The highest BCUT2D eigenvalue weighted by Gasteiger charge is 2.31. The van der Waals surface area contributed by atoms with Crippen LogP contribution in [0.4, 0.5) is 10.1 Å². The molecule has 3 N–H and O–H groups in total. The number of nitrogens with one attached hydrogen (secondary N) is 2. The van der Waals surface area contributed by atoms with Gasteiger partial charge in [-0.2, -0.15) is 0 Å². The van der Waals surface area contributed by atoms with Crippen molar-refractivity contribution >= 4 is 23.5 Å². The number of carbonyl (C=O) groups is 3. The van der Waals surface area contributed by atoms with Crippen LogP contribution in [0.3, 0.4) is 0 Å². The summed E-state index contributed by atoms with van der Waals surface area (Å²) >= 11 is 0. The number of hydrogen-bond donors (Lipinski definition) is 3. The average Bonchev–Trinajstić information content (AvgIpc) is 3.18. The van der Waals surface area contributed by atoms with Gasteiger partial charge in [0.1, 0.15) is 17.6 Å². The predicted molar refractivity (Wildman–Crippen MR) is 135 cm³/mol. The van der Waals surface area contributed by atoms with Gasteiger partial charge in [-0.1, -0.05) is 26.8 Å². The standard InChI is InChI=1S/C27H34FN3O5/c1-27(2,3)15-22(30-25(34)18-6-5-7-21(13-18)36-4)26(35)29-20(14-24(32)33)16-31-11-10-17-12-19(28)8-9-23(17)31/h5-9,12-13,20,22H,10-11,14-16H2,1-4H3,(H,29,35)(H,30,34)(H,32,33). The van der Waals surface area contributed by atoms with Crippen molar-refractivity contribution in [2.24, 2.45) is 5.41 Å². The number of hydrogen-bond acceptors (Lipinski definition) is 5. The molecule has 0 saturated heterocycles. The van der Waals surface area contributed by atoms with Crippen LogP contribution in [0.25, 0.3) is 0 Å². The number of fused-ring (bicyclic) bond motifs is 1. The largest absolute Gasteiger partial charge is 0.497 e. The van der Waals surface area contributed by atoms with Crippen LogP contribution >= 0.6 is 0 Å². The highest BCUT2D eigenvalue weighted by atomic mass is 19.1. The van der Waals surface area contributed by atoms with Crippen LogP contribution < -0.4 is 20.3 Å². The Bertz CT molecular complexity index is 1110. The molecule has 0 bridgehead atoms. The van der Waals surface area contributed by atoms with Crippen molar-refractivity contribution in [2.75, 3.05) is 25.1 Å². The lowest BCUT2D eigenvalue weighted by Gasteiger charge is -2.30. The van der Waals surface area contributed by atoms with Crippen molar-refractivity contribution in [1.29, 1.82) is 0 Å². The number of halogens is 1. The summed E-state index contributed by atoms with van der Waals surface area (Å²) in [5, 5.41) is 15.1. The van der Waals surface area contributed by atoms with Gasteiger partial charge in [0.05, 0.1) is 19.6 Å². The Morgan fingerprint density at radius 3 is 2.56 bits per heavy atom. The number of methoxy groups -OCH3 is 1. The topological polar surface area (TPSA) is 108 Å². The van der Waals surface area contributed by atoms with Gasteiger partial charge in [0.2, 0.25) is 5.91 Å². The molecule has 1 aliphatic rings. The van der Waals surface area contributed by atoms with Gasteiger partial charge in [-0.05, 0) is 60.2 Å². The Kier molecular flexibility index (Phi) is 8.55. The van der Waals surface area contributed by atoms with Gasteiger partial charge in [-0.25, -0.2) is 4.39 Å². The van der Waals surface area contributed by atoms with Crippen LogP contribution in [0.5, 0.6) is 5.75 Å². The maximum absolute atomic E-state index is 13.6. The molecule has 0 aromatic heterocycles. The fourth-order valence-electron chi connectivity index (χ4n) is 4.40. The molecule has 2 unspecified atom stereocenters. The summed E-state index contributed by atoms with van der Waals surface area (Å²) in [7, 11) is 1.50. The minimum Gasteiger partial charge on any atom is -0.497 e. The van der Waals surface area contributed by atoms with Crippen LogP contribution in [0, 0.1) is 11.2 Å². The summed E-state index contributed by atoms with van der Waals surface area (Å²) in [6.45, 7) is 6.73. The highest BCUT2D eigenvalue weighted by molar-refractivity contribution is 5.98. The summed E-state index contributed by atoms with van der Waals surface area (Å²) in [6.07, 6.45) is 0.703. The molecule has 2 atom stereocenters. The van der Waals surface area contributed by atoms with E-state index in [0.717, 1.165) is 11.3 Å². The first-order chi connectivity index (χ1) is 16.9. The molecule has 0 aliphatic carbocycles. The first kappa shape index (κ1) is 27.0. The second-order valence-electron chi connectivity index (χ2n) is 10.3. The fraction of sp³-hybridized carbons (Fsp3) is 0.444. The lowest BCUT2D eigenvalue weighted by Crippen LogP contribution is -2.53. The number of amides is 2. The third-order valence-electron chi connectivity index (χ3n) is 6.01. The molecule has 2 aromatic rings. The lowest BCUT2D eigenvalue weighted by molar-refractivity contribution is -0.137. The first-order valence-electron chi connectivity index (χ1n) is 12.0. The van der Waals surface area contributed by atoms with Crippen molar-refractivity contribution < 1.29 is 28.6 Å². The molecule has 0 saturated carbocycles. The van der Waals surface area contributed by atoms with Crippen LogP contribution in [-0.4, -0.2) is 55.2 Å². The number of aliphatic carboxylic acids is 1. The minimum atomic E-state index is -1.05. The Labute approximate surface area is 210 Å². The van der Waals surface area contributed by atoms with Gasteiger partial charge in [-0.15, -0.1) is 0 Å². The van der Waals surface area contributed by atoms with E-state index in [1.165, 1.54) is 19.2 Å². The molecule has 2 aromatic carbocycles. The number of ether oxygens (including phenoxy) is 1. The number of carboxylic acids is 1. The van der Waals surface area contributed by atoms with Gasteiger partial charge in [-0.3, -0.25) is 14.4 Å². The van der Waals surface area contributed by atoms with Crippen molar-refractivity contribution in [2.45, 2.75) is 52.1 Å². The van der Waals surface area contributed by atoms with Gasteiger partial charge in [0, 0.05) is 24.3 Å². The monoisotopic (exact) mass is 499 g/mol.